The number of likely N-dealkylation sites (tertiary alicyclic amines) is 1. The Kier molecular flexibility index (Phi) is 9.69. The smallest absolute Gasteiger partial charge is 0.222 e. The van der Waals surface area contributed by atoms with Gasteiger partial charge in [0.15, 0.2) is 5.96 Å². The second-order valence-corrected chi connectivity index (χ2v) is 6.92. The zero-order valence-corrected chi connectivity index (χ0v) is 16.8. The highest BCUT2D eigenvalue weighted by Crippen LogP contribution is 2.11. The molecule has 0 radical (unpaired) electrons. The summed E-state index contributed by atoms with van der Waals surface area (Å²) < 4.78 is 5.14. The van der Waals surface area contributed by atoms with E-state index >= 15 is 0 Å². The number of carbonyl (C=O) groups excluding carboxylic acids is 1. The van der Waals surface area contributed by atoms with Crippen LogP contribution < -0.4 is 10.6 Å². The highest BCUT2D eigenvalue weighted by atomic mass is 16.5. The summed E-state index contributed by atoms with van der Waals surface area (Å²) in [5.74, 6) is 1.13. The van der Waals surface area contributed by atoms with E-state index in [1.54, 1.807) is 7.11 Å². The van der Waals surface area contributed by atoms with Crippen molar-refractivity contribution in [2.24, 2.45) is 4.99 Å². The maximum atomic E-state index is 12.0. The van der Waals surface area contributed by atoms with Crippen molar-refractivity contribution in [2.45, 2.75) is 52.2 Å². The van der Waals surface area contributed by atoms with Crippen molar-refractivity contribution in [3.8, 4) is 0 Å². The summed E-state index contributed by atoms with van der Waals surface area (Å²) in [5.41, 5.74) is 2.33. The van der Waals surface area contributed by atoms with Crippen LogP contribution in [0.4, 0.5) is 0 Å². The van der Waals surface area contributed by atoms with E-state index in [9.17, 15) is 4.79 Å². The molecule has 1 aliphatic heterocycles. The molecule has 0 atom stereocenters. The van der Waals surface area contributed by atoms with Gasteiger partial charge in [-0.05, 0) is 37.3 Å². The lowest BCUT2D eigenvalue weighted by molar-refractivity contribution is -0.130. The van der Waals surface area contributed by atoms with Crippen LogP contribution in [-0.4, -0.2) is 50.1 Å². The predicted octanol–water partition coefficient (Wildman–Crippen LogP) is 2.68. The molecule has 1 heterocycles. The Bertz CT molecular complexity index is 586. The minimum Gasteiger partial charge on any atom is -0.380 e. The Morgan fingerprint density at radius 3 is 2.67 bits per heavy atom. The highest BCUT2D eigenvalue weighted by molar-refractivity contribution is 5.79. The number of ether oxygens (including phenoxy) is 1. The molecule has 1 aromatic carbocycles. The van der Waals surface area contributed by atoms with Gasteiger partial charge in [-0.25, -0.2) is 4.99 Å². The lowest BCUT2D eigenvalue weighted by atomic mass is 10.1. The van der Waals surface area contributed by atoms with Gasteiger partial charge < -0.3 is 20.3 Å². The van der Waals surface area contributed by atoms with Crippen LogP contribution in [0.3, 0.4) is 0 Å². The zero-order valence-electron chi connectivity index (χ0n) is 16.8. The highest BCUT2D eigenvalue weighted by Gasteiger charge is 2.15. The first-order valence-corrected chi connectivity index (χ1v) is 10.1. The fourth-order valence-electron chi connectivity index (χ4n) is 3.17. The summed E-state index contributed by atoms with van der Waals surface area (Å²) in [6.45, 7) is 6.69. The number of rotatable bonds is 9. The summed E-state index contributed by atoms with van der Waals surface area (Å²) in [6, 6.07) is 8.33. The number of amides is 1. The van der Waals surface area contributed by atoms with Gasteiger partial charge in [0.25, 0.3) is 0 Å². The number of hydrogen-bond acceptors (Lipinski definition) is 3. The Morgan fingerprint density at radius 1 is 1.15 bits per heavy atom. The first kappa shape index (κ1) is 21.2. The van der Waals surface area contributed by atoms with Crippen LogP contribution in [0.1, 0.15) is 50.2 Å². The molecule has 2 N–H and O–H groups in total. The molecule has 6 heteroatoms. The van der Waals surface area contributed by atoms with Crippen molar-refractivity contribution in [1.29, 1.82) is 0 Å². The Morgan fingerprint density at radius 2 is 1.93 bits per heavy atom. The number of nitrogens with zero attached hydrogens (tertiary/aromatic N) is 2. The lowest BCUT2D eigenvalue weighted by Crippen LogP contribution is -2.39. The molecule has 0 bridgehead atoms. The average Bonchev–Trinajstić information content (AvgIpc) is 2.88. The molecule has 0 aliphatic carbocycles. The summed E-state index contributed by atoms with van der Waals surface area (Å²) >= 11 is 0. The van der Waals surface area contributed by atoms with Crippen LogP contribution in [0.2, 0.25) is 0 Å². The van der Waals surface area contributed by atoms with Crippen molar-refractivity contribution in [3.05, 3.63) is 35.4 Å². The molecule has 27 heavy (non-hydrogen) atoms. The third-order valence-corrected chi connectivity index (χ3v) is 4.67. The van der Waals surface area contributed by atoms with Gasteiger partial charge in [-0.15, -0.1) is 0 Å². The molecule has 1 aliphatic rings. The second-order valence-electron chi connectivity index (χ2n) is 6.92. The van der Waals surface area contributed by atoms with Gasteiger partial charge in [-0.1, -0.05) is 30.7 Å². The third-order valence-electron chi connectivity index (χ3n) is 4.67. The summed E-state index contributed by atoms with van der Waals surface area (Å²) in [4.78, 5) is 18.7. The molecule has 2 rings (SSSR count). The predicted molar refractivity (Wildman–Crippen MR) is 110 cm³/mol. The van der Waals surface area contributed by atoms with Gasteiger partial charge in [0.2, 0.25) is 5.91 Å². The number of benzene rings is 1. The van der Waals surface area contributed by atoms with Crippen LogP contribution in [0.5, 0.6) is 0 Å². The number of aliphatic imine (C=N–C) groups is 1. The van der Waals surface area contributed by atoms with E-state index in [1.807, 2.05) is 4.90 Å². The van der Waals surface area contributed by atoms with Gasteiger partial charge in [0, 0.05) is 39.7 Å². The summed E-state index contributed by atoms with van der Waals surface area (Å²) in [6.07, 6.45) is 4.98. The maximum absolute atomic E-state index is 12.0. The second kappa shape index (κ2) is 12.3. The van der Waals surface area contributed by atoms with Crippen molar-refractivity contribution in [2.75, 3.05) is 33.3 Å². The molecule has 0 aromatic heterocycles. The Labute approximate surface area is 163 Å². The molecule has 1 amide bonds. The van der Waals surface area contributed by atoms with Crippen LogP contribution in [-0.2, 0) is 22.7 Å². The third kappa shape index (κ3) is 7.99. The molecule has 0 unspecified atom stereocenters. The number of hydrogen-bond donors (Lipinski definition) is 2. The molecular weight excluding hydrogens is 340 g/mol. The van der Waals surface area contributed by atoms with Crippen LogP contribution in [0.15, 0.2) is 29.3 Å². The monoisotopic (exact) mass is 374 g/mol. The van der Waals surface area contributed by atoms with Crippen molar-refractivity contribution in [3.63, 3.8) is 0 Å². The fraction of sp³-hybridized carbons (Fsp3) is 0.619. The van der Waals surface area contributed by atoms with Crippen LogP contribution in [0, 0.1) is 0 Å². The SMILES string of the molecule is CCNC(=NCc1ccc(COC)cc1)NCCCN1CCCCCC1=O. The van der Waals surface area contributed by atoms with E-state index in [-0.39, 0.29) is 0 Å². The van der Waals surface area contributed by atoms with E-state index in [1.165, 1.54) is 17.5 Å². The minimum atomic E-state index is 0.310. The Balaban J connectivity index is 1.76. The van der Waals surface area contributed by atoms with Gasteiger partial charge in [0.1, 0.15) is 0 Å². The van der Waals surface area contributed by atoms with Gasteiger partial charge >= 0.3 is 0 Å². The van der Waals surface area contributed by atoms with Gasteiger partial charge in [-0.3, -0.25) is 4.79 Å². The van der Waals surface area contributed by atoms with Crippen LogP contribution in [0.25, 0.3) is 0 Å². The van der Waals surface area contributed by atoms with Crippen molar-refractivity contribution < 1.29 is 9.53 Å². The van der Waals surface area contributed by atoms with Crippen molar-refractivity contribution >= 4 is 11.9 Å². The first-order valence-electron chi connectivity index (χ1n) is 10.1. The fourth-order valence-corrected chi connectivity index (χ4v) is 3.17. The van der Waals surface area contributed by atoms with Crippen molar-refractivity contribution in [1.82, 2.24) is 15.5 Å². The van der Waals surface area contributed by atoms with E-state index in [0.717, 1.165) is 51.4 Å². The summed E-state index contributed by atoms with van der Waals surface area (Å²) in [7, 11) is 1.70. The summed E-state index contributed by atoms with van der Waals surface area (Å²) in [5, 5.41) is 6.65. The molecule has 1 aromatic rings. The van der Waals surface area contributed by atoms with E-state index in [0.29, 0.717) is 25.5 Å². The molecule has 6 nitrogen and oxygen atoms in total. The molecule has 0 spiro atoms. The normalized spacial score (nSPS) is 15.6. The van der Waals surface area contributed by atoms with Crippen LogP contribution >= 0.6 is 0 Å². The minimum absolute atomic E-state index is 0.310. The quantitative estimate of drug-likeness (QED) is 0.396. The van der Waals surface area contributed by atoms with Gasteiger partial charge in [-0.2, -0.15) is 0 Å². The van der Waals surface area contributed by atoms with E-state index < -0.39 is 0 Å². The number of methoxy groups -OCH3 is 1. The average molecular weight is 375 g/mol. The number of nitrogens with one attached hydrogen (secondary N) is 2. The Hall–Kier alpha value is -2.08. The topological polar surface area (TPSA) is 66.0 Å². The van der Waals surface area contributed by atoms with E-state index in [2.05, 4.69) is 46.8 Å². The zero-order chi connectivity index (χ0) is 19.3. The van der Waals surface area contributed by atoms with Gasteiger partial charge in [0.05, 0.1) is 13.2 Å². The van der Waals surface area contributed by atoms with E-state index in [4.69, 9.17) is 4.74 Å². The largest absolute Gasteiger partial charge is 0.380 e. The maximum Gasteiger partial charge on any atom is 0.222 e. The first-order chi connectivity index (χ1) is 13.2. The lowest BCUT2D eigenvalue weighted by Gasteiger charge is -2.20. The molecule has 1 saturated heterocycles. The molecule has 0 saturated carbocycles. The number of carbonyl (C=O) groups is 1. The molecule has 1 fully saturated rings. The molecular formula is C21H34N4O2. The standard InChI is InChI=1S/C21H34N4O2/c1-3-22-21(24-16-18-9-11-19(12-10-18)17-27-2)23-13-7-15-25-14-6-4-5-8-20(25)26/h9-12H,3-8,13-17H2,1-2H3,(H2,22,23,24). The molecule has 150 valence electrons. The number of guanidine groups is 1.